The smallest absolute Gasteiger partial charge is 0.406 e. The van der Waals surface area contributed by atoms with E-state index in [4.69, 9.17) is 9.47 Å². The van der Waals surface area contributed by atoms with Crippen LogP contribution in [0, 0.1) is 0 Å². The van der Waals surface area contributed by atoms with Gasteiger partial charge in [0.15, 0.2) is 12.4 Å². The summed E-state index contributed by atoms with van der Waals surface area (Å²) in [4.78, 5) is 20.8. The molecule has 0 radical (unpaired) electrons. The minimum Gasteiger partial charge on any atom is -0.406 e. The number of nitrogens with zero attached hydrogens (tertiary/aromatic N) is 2. The fourth-order valence-electron chi connectivity index (χ4n) is 3.81. The molecule has 2 aliphatic rings. The molecule has 4 rings (SSSR count). The monoisotopic (exact) mass is 446 g/mol. The Labute approximate surface area is 173 Å². The summed E-state index contributed by atoms with van der Waals surface area (Å²) >= 11 is 3.46. The van der Waals surface area contributed by atoms with E-state index in [-0.39, 0.29) is 11.7 Å². The lowest BCUT2D eigenvalue weighted by atomic mass is 9.96. The number of imidazole rings is 1. The van der Waals surface area contributed by atoms with Gasteiger partial charge in [-0.1, -0.05) is 28.1 Å². The van der Waals surface area contributed by atoms with Crippen LogP contribution in [0.25, 0.3) is 11.3 Å². The predicted octanol–water partition coefficient (Wildman–Crippen LogP) is 4.53. The Morgan fingerprint density at radius 1 is 1.32 bits per heavy atom. The molecule has 1 amide bonds. The molecule has 6 nitrogen and oxygen atoms in total. The summed E-state index contributed by atoms with van der Waals surface area (Å²) in [5.74, 6) is 0.691. The standard InChI is InChI=1S/C21H24BrN3O3/c1-20(2,3)28-19(26)25-13-21(9-4-10-27-21)11-17(25)18-23-12-16(24-18)14-5-7-15(22)8-6-14/h5-8,12H,4,9-11,13H2,1-3H3/p+1. The van der Waals surface area contributed by atoms with E-state index in [1.54, 1.807) is 10.8 Å². The van der Waals surface area contributed by atoms with Crippen molar-refractivity contribution in [1.29, 1.82) is 0 Å². The van der Waals surface area contributed by atoms with Gasteiger partial charge in [-0.25, -0.2) is 4.98 Å². The zero-order valence-corrected chi connectivity index (χ0v) is 18.0. The van der Waals surface area contributed by atoms with Crippen molar-refractivity contribution in [3.05, 3.63) is 40.8 Å². The van der Waals surface area contributed by atoms with E-state index in [1.807, 2.05) is 45.0 Å². The van der Waals surface area contributed by atoms with E-state index in [0.717, 1.165) is 40.9 Å². The number of H-pyrrole nitrogens is 1. The van der Waals surface area contributed by atoms with Gasteiger partial charge in [-0.3, -0.25) is 0 Å². The van der Waals surface area contributed by atoms with E-state index in [1.165, 1.54) is 0 Å². The second-order valence-corrected chi connectivity index (χ2v) is 9.39. The molecule has 2 aromatic rings. The number of ether oxygens (including phenoxy) is 2. The number of amides is 1. The maximum Gasteiger partial charge on any atom is 0.597 e. The highest BCUT2D eigenvalue weighted by atomic mass is 79.9. The third-order valence-electron chi connectivity index (χ3n) is 5.06. The van der Waals surface area contributed by atoms with E-state index < -0.39 is 5.60 Å². The third kappa shape index (κ3) is 3.91. The van der Waals surface area contributed by atoms with Gasteiger partial charge < -0.3 is 14.5 Å². The first kappa shape index (κ1) is 19.3. The second-order valence-electron chi connectivity index (χ2n) is 8.48. The highest BCUT2D eigenvalue weighted by Gasteiger charge is 2.52. The van der Waals surface area contributed by atoms with Gasteiger partial charge in [-0.05, 0) is 51.3 Å². The molecule has 0 aliphatic carbocycles. The van der Waals surface area contributed by atoms with Crippen molar-refractivity contribution in [2.75, 3.05) is 13.2 Å². The summed E-state index contributed by atoms with van der Waals surface area (Å²) in [6.45, 7) is 6.87. The zero-order chi connectivity index (χ0) is 19.9. The van der Waals surface area contributed by atoms with Crippen LogP contribution < -0.4 is 0 Å². The fraction of sp³-hybridized carbons (Fsp3) is 0.476. The number of halogens is 1. The topological polar surface area (TPSA) is 67.2 Å². The number of rotatable bonds is 2. The van der Waals surface area contributed by atoms with Gasteiger partial charge in [0.1, 0.15) is 11.2 Å². The molecule has 148 valence electrons. The molecule has 1 fully saturated rings. The van der Waals surface area contributed by atoms with E-state index in [9.17, 15) is 4.79 Å². The summed E-state index contributed by atoms with van der Waals surface area (Å²) in [6.07, 6.45) is 4.06. The highest BCUT2D eigenvalue weighted by molar-refractivity contribution is 9.10. The molecule has 1 spiro atoms. The van der Waals surface area contributed by atoms with Gasteiger partial charge in [-0.15, -0.1) is 4.58 Å². The van der Waals surface area contributed by atoms with Crippen molar-refractivity contribution in [3.8, 4) is 11.3 Å². The molecular weight excluding hydrogens is 422 g/mol. The molecule has 1 aromatic carbocycles. The van der Waals surface area contributed by atoms with Crippen LogP contribution in [-0.4, -0.2) is 50.7 Å². The van der Waals surface area contributed by atoms with Crippen molar-refractivity contribution >= 4 is 27.7 Å². The summed E-state index contributed by atoms with van der Waals surface area (Å²) in [6, 6.07) is 8.03. The Morgan fingerprint density at radius 3 is 2.71 bits per heavy atom. The molecule has 1 saturated heterocycles. The Hall–Kier alpha value is -1.99. The van der Waals surface area contributed by atoms with Gasteiger partial charge in [-0.2, -0.15) is 4.79 Å². The highest BCUT2D eigenvalue weighted by Crippen LogP contribution is 2.35. The normalized spacial score (nSPS) is 22.3. The fourth-order valence-corrected chi connectivity index (χ4v) is 4.07. The molecule has 1 atom stereocenters. The van der Waals surface area contributed by atoms with Crippen LogP contribution in [0.4, 0.5) is 4.79 Å². The van der Waals surface area contributed by atoms with Crippen molar-refractivity contribution < 1.29 is 18.8 Å². The Bertz CT molecular complexity index is 919. The Morgan fingerprint density at radius 2 is 2.07 bits per heavy atom. The molecule has 28 heavy (non-hydrogen) atoms. The maximum atomic E-state index is 12.9. The lowest BCUT2D eigenvalue weighted by Gasteiger charge is -2.19. The molecule has 1 aromatic heterocycles. The molecule has 7 heteroatoms. The molecule has 1 N–H and O–H groups in total. The Kier molecular flexibility index (Phi) is 4.91. The van der Waals surface area contributed by atoms with Crippen LogP contribution in [-0.2, 0) is 9.47 Å². The number of benzene rings is 1. The van der Waals surface area contributed by atoms with E-state index >= 15 is 0 Å². The molecular formula is C21H25BrN3O3+. The van der Waals surface area contributed by atoms with Gasteiger partial charge in [0.05, 0.1) is 18.3 Å². The number of hydrogen-bond donors (Lipinski definition) is 1. The first-order valence-electron chi connectivity index (χ1n) is 9.56. The van der Waals surface area contributed by atoms with Gasteiger partial charge in [0.25, 0.3) is 0 Å². The van der Waals surface area contributed by atoms with Gasteiger partial charge >= 0.3 is 6.09 Å². The van der Waals surface area contributed by atoms with Crippen LogP contribution in [0.1, 0.15) is 45.9 Å². The Balaban J connectivity index is 1.68. The molecule has 1 unspecified atom stereocenters. The van der Waals surface area contributed by atoms with Crippen molar-refractivity contribution in [2.45, 2.75) is 51.2 Å². The number of nitrogens with one attached hydrogen (secondary N) is 1. The van der Waals surface area contributed by atoms with Crippen molar-refractivity contribution in [3.63, 3.8) is 0 Å². The number of hydrogen-bond acceptors (Lipinski definition) is 4. The number of aromatic amines is 1. The first-order valence-corrected chi connectivity index (χ1v) is 10.4. The first-order chi connectivity index (χ1) is 13.2. The predicted molar refractivity (Wildman–Crippen MR) is 110 cm³/mol. The molecule has 2 aliphatic heterocycles. The minimum absolute atomic E-state index is 0.323. The molecule has 3 heterocycles. The van der Waals surface area contributed by atoms with Crippen LogP contribution in [0.15, 0.2) is 34.9 Å². The van der Waals surface area contributed by atoms with Gasteiger partial charge in [0, 0.05) is 11.1 Å². The summed E-state index contributed by atoms with van der Waals surface area (Å²) in [7, 11) is 0. The second kappa shape index (κ2) is 7.12. The number of aromatic nitrogens is 2. The SMILES string of the molecule is CC(C)(C)OC(=O)[N+]1=C(c2ncc(-c3ccc(Br)cc3)[nH]2)CC2(CCCO2)C1. The molecule has 0 bridgehead atoms. The lowest BCUT2D eigenvalue weighted by Crippen LogP contribution is -2.36. The van der Waals surface area contributed by atoms with Crippen LogP contribution >= 0.6 is 15.9 Å². The average Bonchev–Trinajstić information content (AvgIpc) is 3.35. The third-order valence-corrected chi connectivity index (χ3v) is 5.59. The van der Waals surface area contributed by atoms with Crippen molar-refractivity contribution in [1.82, 2.24) is 9.97 Å². The number of carbonyl (C=O) groups excluding carboxylic acids is 1. The minimum atomic E-state index is -0.555. The van der Waals surface area contributed by atoms with Gasteiger partial charge in [0.2, 0.25) is 5.71 Å². The van der Waals surface area contributed by atoms with E-state index in [0.29, 0.717) is 18.8 Å². The van der Waals surface area contributed by atoms with Crippen LogP contribution in [0.3, 0.4) is 0 Å². The quantitative estimate of drug-likeness (QED) is 0.688. The summed E-state index contributed by atoms with van der Waals surface area (Å²) in [5, 5.41) is 0. The van der Waals surface area contributed by atoms with Crippen LogP contribution in [0.5, 0.6) is 0 Å². The van der Waals surface area contributed by atoms with Crippen LogP contribution in [0.2, 0.25) is 0 Å². The summed E-state index contributed by atoms with van der Waals surface area (Å²) in [5.41, 5.74) is 1.90. The van der Waals surface area contributed by atoms with Crippen molar-refractivity contribution in [2.24, 2.45) is 0 Å². The average molecular weight is 447 g/mol. The molecule has 0 saturated carbocycles. The zero-order valence-electron chi connectivity index (χ0n) is 16.4. The maximum absolute atomic E-state index is 12.9. The number of carbonyl (C=O) groups is 1. The largest absolute Gasteiger partial charge is 0.597 e. The van der Waals surface area contributed by atoms with E-state index in [2.05, 4.69) is 25.9 Å². The lowest BCUT2D eigenvalue weighted by molar-refractivity contribution is -0.457. The summed E-state index contributed by atoms with van der Waals surface area (Å²) < 4.78 is 14.4.